The fourth-order valence-electron chi connectivity index (χ4n) is 12.4. The maximum Gasteiger partial charge on any atom is 0.0627 e. The van der Waals surface area contributed by atoms with Crippen LogP contribution in [0.25, 0.3) is 98.4 Å². The predicted octanol–water partition coefficient (Wildman–Crippen LogP) is 14.8. The fourth-order valence-corrected chi connectivity index (χ4v) is 12.4. The normalized spacial score (nSPS) is 15.8. The quantitative estimate of drug-likeness (QED) is 0.168. The molecule has 0 saturated heterocycles. The molecule has 13 rings (SSSR count). The van der Waals surface area contributed by atoms with E-state index in [4.69, 9.17) is 0 Å². The molecule has 2 aliphatic rings. The molecule has 0 bridgehead atoms. The van der Waals surface area contributed by atoms with Gasteiger partial charge in [-0.15, -0.1) is 0 Å². The summed E-state index contributed by atoms with van der Waals surface area (Å²) in [5.74, 6) is 0.579. The van der Waals surface area contributed by atoms with Crippen molar-refractivity contribution in [1.29, 1.82) is 0 Å². The van der Waals surface area contributed by atoms with E-state index in [2.05, 4.69) is 173 Å². The van der Waals surface area contributed by atoms with Crippen molar-refractivity contribution in [1.82, 2.24) is 8.80 Å². The Kier molecular flexibility index (Phi) is 5.45. The first-order valence-electron chi connectivity index (χ1n) is 20.7. The highest BCUT2D eigenvalue weighted by Gasteiger charge is 2.42. The second-order valence-electron chi connectivity index (χ2n) is 18.8. The average molecular weight is 721 g/mol. The van der Waals surface area contributed by atoms with E-state index >= 15 is 0 Å². The Morgan fingerprint density at radius 3 is 1.21 bits per heavy atom. The summed E-state index contributed by atoms with van der Waals surface area (Å²) in [5, 5.41) is 11.3. The number of para-hydroxylation sites is 2. The van der Waals surface area contributed by atoms with Gasteiger partial charge in [0, 0.05) is 59.5 Å². The number of hydrogen-bond acceptors (Lipinski definition) is 0. The van der Waals surface area contributed by atoms with Crippen molar-refractivity contribution in [3.63, 3.8) is 0 Å². The van der Waals surface area contributed by atoms with E-state index in [-0.39, 0.29) is 16.7 Å². The molecular weight excluding hydrogens is 677 g/mol. The van der Waals surface area contributed by atoms with Crippen LogP contribution in [-0.2, 0) is 10.8 Å². The van der Waals surface area contributed by atoms with Crippen LogP contribution >= 0.6 is 0 Å². The van der Waals surface area contributed by atoms with Crippen molar-refractivity contribution in [2.24, 2.45) is 0 Å². The zero-order valence-corrected chi connectivity index (χ0v) is 33.4. The zero-order chi connectivity index (χ0) is 37.9. The van der Waals surface area contributed by atoms with Gasteiger partial charge in [0.1, 0.15) is 0 Å². The third kappa shape index (κ3) is 3.22. The highest BCUT2D eigenvalue weighted by atomic mass is 15.0. The monoisotopic (exact) mass is 720 g/mol. The molecule has 0 aliphatic heterocycles. The maximum atomic E-state index is 2.70. The molecule has 2 nitrogen and oxygen atoms in total. The molecule has 0 saturated carbocycles. The second-order valence-corrected chi connectivity index (χ2v) is 18.8. The molecule has 4 heterocycles. The molecule has 4 aromatic heterocycles. The smallest absolute Gasteiger partial charge is 0.0627 e. The minimum atomic E-state index is -0.109. The van der Waals surface area contributed by atoms with Gasteiger partial charge in [-0.05, 0) is 86.2 Å². The van der Waals surface area contributed by atoms with Crippen molar-refractivity contribution in [3.8, 4) is 22.3 Å². The van der Waals surface area contributed by atoms with Gasteiger partial charge in [-0.3, -0.25) is 0 Å². The first-order valence-corrected chi connectivity index (χ1v) is 20.7. The third-order valence-corrected chi connectivity index (χ3v) is 14.6. The molecule has 0 atom stereocenters. The molecule has 0 spiro atoms. The van der Waals surface area contributed by atoms with Gasteiger partial charge in [0.25, 0.3) is 0 Å². The first-order chi connectivity index (χ1) is 27.0. The molecular formula is C54H44N2. The van der Waals surface area contributed by atoms with Gasteiger partial charge in [-0.25, -0.2) is 0 Å². The topological polar surface area (TPSA) is 8.82 Å². The number of rotatable bonds is 2. The lowest BCUT2D eigenvalue weighted by molar-refractivity contribution is 0.661. The van der Waals surface area contributed by atoms with E-state index in [0.29, 0.717) is 5.92 Å². The van der Waals surface area contributed by atoms with E-state index in [1.807, 2.05) is 0 Å². The molecule has 2 aliphatic carbocycles. The minimum absolute atomic E-state index is 0.109. The van der Waals surface area contributed by atoms with E-state index < -0.39 is 0 Å². The lowest BCUT2D eigenvalue weighted by atomic mass is 9.80. The van der Waals surface area contributed by atoms with Crippen LogP contribution in [0, 0.1) is 0 Å². The van der Waals surface area contributed by atoms with Crippen LogP contribution in [0.3, 0.4) is 0 Å². The number of aromatic nitrogens is 2. The molecule has 0 amide bonds. The van der Waals surface area contributed by atoms with Crippen LogP contribution in [0.5, 0.6) is 0 Å². The summed E-state index contributed by atoms with van der Waals surface area (Å²) >= 11 is 0. The van der Waals surface area contributed by atoms with E-state index in [1.165, 1.54) is 132 Å². The Morgan fingerprint density at radius 2 is 0.786 bits per heavy atom. The summed E-state index contributed by atoms with van der Waals surface area (Å²) in [6.45, 7) is 19.5. The van der Waals surface area contributed by atoms with Gasteiger partial charge < -0.3 is 8.80 Å². The third-order valence-electron chi connectivity index (χ3n) is 14.6. The second kappa shape index (κ2) is 9.74. The SMILES string of the molecule is CC(C)c1c2c3cc4c(c5c6ccccc6n(c2c(C(C)C)c2c1c1cc6c(c7c8ccccc8n2c17)-c1ccccc1C6(C)C)c35)-c1ccccc1C4(C)C. The van der Waals surface area contributed by atoms with Crippen LogP contribution in [0.15, 0.2) is 109 Å². The molecule has 2 heteroatoms. The number of hydrogen-bond donors (Lipinski definition) is 0. The van der Waals surface area contributed by atoms with E-state index in [0.717, 1.165) is 0 Å². The standard InChI is InChI=1S/C54H44N2/c1-27(2)41-47-33-25-37-43(29-17-9-13-21-35(29)53(37,5)6)45-31-19-11-15-23-39(31)55(49(33)45)51(47)42(28(3)4)52-48(41)34-26-38-44(30-18-10-14-22-36(30)54(38,7)8)46-32-20-12-16-24-40(32)56(52)50(34)46/h9-28H,1-8H3. The first kappa shape index (κ1) is 31.4. The van der Waals surface area contributed by atoms with Crippen LogP contribution in [0.2, 0.25) is 0 Å². The predicted molar refractivity (Wildman–Crippen MR) is 239 cm³/mol. The van der Waals surface area contributed by atoms with Crippen LogP contribution < -0.4 is 0 Å². The van der Waals surface area contributed by atoms with Crippen molar-refractivity contribution in [2.75, 3.05) is 0 Å². The van der Waals surface area contributed by atoms with Gasteiger partial charge in [0.05, 0.1) is 33.1 Å². The fraction of sp³-hybridized carbons (Fsp3) is 0.222. The van der Waals surface area contributed by atoms with E-state index in [9.17, 15) is 0 Å². The number of nitrogens with zero attached hydrogens (tertiary/aromatic N) is 2. The largest absolute Gasteiger partial charge is 0.308 e. The summed E-state index contributed by atoms with van der Waals surface area (Å²) in [4.78, 5) is 0. The molecule has 11 aromatic rings. The number of fused-ring (bicyclic) bond motifs is 20. The Balaban J connectivity index is 1.36. The Morgan fingerprint density at radius 1 is 0.393 bits per heavy atom. The van der Waals surface area contributed by atoms with Crippen LogP contribution in [0.1, 0.15) is 101 Å². The van der Waals surface area contributed by atoms with Gasteiger partial charge in [0.2, 0.25) is 0 Å². The van der Waals surface area contributed by atoms with Crippen LogP contribution in [-0.4, -0.2) is 8.80 Å². The van der Waals surface area contributed by atoms with Gasteiger partial charge in [-0.1, -0.05) is 140 Å². The Hall–Kier alpha value is -5.86. The maximum absolute atomic E-state index is 2.70. The van der Waals surface area contributed by atoms with Crippen molar-refractivity contribution in [2.45, 2.75) is 78.1 Å². The van der Waals surface area contributed by atoms with Crippen molar-refractivity contribution < 1.29 is 0 Å². The average Bonchev–Trinajstić information content (AvgIpc) is 3.99. The van der Waals surface area contributed by atoms with Crippen molar-refractivity contribution in [3.05, 3.63) is 143 Å². The molecule has 0 radical (unpaired) electrons. The molecule has 7 aromatic carbocycles. The van der Waals surface area contributed by atoms with Gasteiger partial charge >= 0.3 is 0 Å². The summed E-state index contributed by atoms with van der Waals surface area (Å²) < 4.78 is 5.41. The zero-order valence-electron chi connectivity index (χ0n) is 33.4. The number of benzene rings is 7. The molecule has 270 valence electrons. The summed E-state index contributed by atoms with van der Waals surface area (Å²) in [7, 11) is 0. The molecule has 0 fully saturated rings. The summed E-state index contributed by atoms with van der Waals surface area (Å²) in [6, 6.07) is 42.1. The van der Waals surface area contributed by atoms with Crippen molar-refractivity contribution >= 4 is 76.2 Å². The Bertz CT molecular complexity index is 3350. The lowest BCUT2D eigenvalue weighted by Gasteiger charge is -2.22. The Labute approximate surface area is 326 Å². The molecule has 0 unspecified atom stereocenters. The highest BCUT2D eigenvalue weighted by molar-refractivity contribution is 6.35. The summed E-state index contributed by atoms with van der Waals surface area (Å²) in [6.07, 6.45) is 0. The molecule has 56 heavy (non-hydrogen) atoms. The summed E-state index contributed by atoms with van der Waals surface area (Å²) in [5.41, 5.74) is 22.3. The minimum Gasteiger partial charge on any atom is -0.308 e. The van der Waals surface area contributed by atoms with Gasteiger partial charge in [-0.2, -0.15) is 0 Å². The van der Waals surface area contributed by atoms with Gasteiger partial charge in [0.15, 0.2) is 0 Å². The molecule has 0 N–H and O–H groups in total. The van der Waals surface area contributed by atoms with Crippen LogP contribution in [0.4, 0.5) is 0 Å². The highest BCUT2D eigenvalue weighted by Crippen LogP contribution is 2.60. The lowest BCUT2D eigenvalue weighted by Crippen LogP contribution is -2.14. The van der Waals surface area contributed by atoms with E-state index in [1.54, 1.807) is 0 Å².